The van der Waals surface area contributed by atoms with Crippen molar-refractivity contribution >= 4 is 11.9 Å². The first kappa shape index (κ1) is 14.3. The van der Waals surface area contributed by atoms with Crippen LogP contribution in [0.5, 0.6) is 0 Å². The van der Waals surface area contributed by atoms with Gasteiger partial charge in [-0.3, -0.25) is 4.79 Å². The molecule has 0 bridgehead atoms. The van der Waals surface area contributed by atoms with Gasteiger partial charge in [0.2, 0.25) is 0 Å². The molecular weight excluding hydrogens is 308 g/mol. The molecule has 2 fully saturated rings. The predicted octanol–water partition coefficient (Wildman–Crippen LogP) is 3.32. The molecule has 5 atom stereocenters. The van der Waals surface area contributed by atoms with Crippen LogP contribution in [0.25, 0.3) is 0 Å². The number of hydrogen-bond donors (Lipinski definition) is 0. The van der Waals surface area contributed by atoms with Gasteiger partial charge in [-0.15, -0.1) is 0 Å². The van der Waals surface area contributed by atoms with Crippen LogP contribution in [-0.4, -0.2) is 18.0 Å². The molecule has 1 spiro atoms. The van der Waals surface area contributed by atoms with Gasteiger partial charge in [0.15, 0.2) is 0 Å². The number of rotatable bonds is 1. The fraction of sp³-hybridized carbons (Fsp3) is 0.579. The average Bonchev–Trinajstić information content (AvgIpc) is 3.26. The Morgan fingerprint density at radius 3 is 2.88 bits per heavy atom. The van der Waals surface area contributed by atoms with E-state index in [1.54, 1.807) is 12.5 Å². The SMILES string of the molecule is C[C@H]1C[C@H]2OC(=O)C3=C2[C@H](CCC3)[C@@]12C[C@@H](c1ccoc1)OC2=O. The Labute approximate surface area is 140 Å². The van der Waals surface area contributed by atoms with Gasteiger partial charge in [0, 0.05) is 23.5 Å². The first-order valence-corrected chi connectivity index (χ1v) is 8.78. The maximum Gasteiger partial charge on any atom is 0.334 e. The maximum absolute atomic E-state index is 13.0. The molecule has 0 N–H and O–H groups in total. The molecule has 0 aromatic carbocycles. The third-order valence-corrected chi connectivity index (χ3v) is 6.62. The summed E-state index contributed by atoms with van der Waals surface area (Å²) >= 11 is 0. The van der Waals surface area contributed by atoms with E-state index in [0.29, 0.717) is 12.8 Å². The molecule has 126 valence electrons. The second-order valence-corrected chi connectivity index (χ2v) is 7.60. The van der Waals surface area contributed by atoms with E-state index in [9.17, 15) is 9.59 Å². The molecule has 2 aliphatic heterocycles. The Kier molecular flexibility index (Phi) is 2.83. The van der Waals surface area contributed by atoms with E-state index in [-0.39, 0.29) is 36.0 Å². The first-order chi connectivity index (χ1) is 11.6. The van der Waals surface area contributed by atoms with Crippen LogP contribution in [0, 0.1) is 17.3 Å². The van der Waals surface area contributed by atoms with Crippen LogP contribution in [-0.2, 0) is 19.1 Å². The fourth-order valence-corrected chi connectivity index (χ4v) is 5.48. The van der Waals surface area contributed by atoms with E-state index in [1.807, 2.05) is 6.07 Å². The lowest BCUT2D eigenvalue weighted by Gasteiger charge is -2.47. The van der Waals surface area contributed by atoms with Gasteiger partial charge in [-0.05, 0) is 43.2 Å². The monoisotopic (exact) mass is 328 g/mol. The van der Waals surface area contributed by atoms with Gasteiger partial charge >= 0.3 is 11.9 Å². The van der Waals surface area contributed by atoms with Crippen LogP contribution < -0.4 is 0 Å². The Balaban J connectivity index is 1.59. The van der Waals surface area contributed by atoms with E-state index in [1.165, 1.54) is 0 Å². The number of cyclic esters (lactones) is 1. The van der Waals surface area contributed by atoms with Crippen molar-refractivity contribution in [2.75, 3.05) is 0 Å². The Morgan fingerprint density at radius 1 is 1.21 bits per heavy atom. The minimum atomic E-state index is -0.534. The van der Waals surface area contributed by atoms with E-state index in [4.69, 9.17) is 13.9 Å². The highest BCUT2D eigenvalue weighted by Gasteiger charge is 2.64. The zero-order valence-corrected chi connectivity index (χ0v) is 13.6. The zero-order chi connectivity index (χ0) is 16.5. The lowest BCUT2D eigenvalue weighted by atomic mass is 9.54. The van der Waals surface area contributed by atoms with E-state index in [0.717, 1.165) is 36.0 Å². The molecule has 0 unspecified atom stereocenters. The highest BCUT2D eigenvalue weighted by molar-refractivity contribution is 5.93. The van der Waals surface area contributed by atoms with Crippen molar-refractivity contribution in [2.45, 2.75) is 51.2 Å². The zero-order valence-electron chi connectivity index (χ0n) is 13.6. The summed E-state index contributed by atoms with van der Waals surface area (Å²) in [4.78, 5) is 25.2. The smallest absolute Gasteiger partial charge is 0.334 e. The third-order valence-electron chi connectivity index (χ3n) is 6.62. The molecule has 2 aliphatic carbocycles. The molecular formula is C19H20O5. The number of fused-ring (bicyclic) bond motifs is 1. The normalized spacial score (nSPS) is 40.7. The van der Waals surface area contributed by atoms with Crippen LogP contribution in [0.3, 0.4) is 0 Å². The van der Waals surface area contributed by atoms with Gasteiger partial charge in [-0.2, -0.15) is 0 Å². The largest absolute Gasteiger partial charge is 0.472 e. The molecule has 0 amide bonds. The van der Waals surface area contributed by atoms with Crippen molar-refractivity contribution in [2.24, 2.45) is 17.3 Å². The average molecular weight is 328 g/mol. The molecule has 4 aliphatic rings. The van der Waals surface area contributed by atoms with Crippen molar-refractivity contribution in [3.8, 4) is 0 Å². The van der Waals surface area contributed by atoms with Crippen LogP contribution in [0.1, 0.15) is 50.7 Å². The summed E-state index contributed by atoms with van der Waals surface area (Å²) in [7, 11) is 0. The molecule has 5 nitrogen and oxygen atoms in total. The molecule has 1 aromatic heterocycles. The Bertz CT molecular complexity index is 746. The van der Waals surface area contributed by atoms with Crippen molar-refractivity contribution in [1.82, 2.24) is 0 Å². The summed E-state index contributed by atoms with van der Waals surface area (Å²) in [5.74, 6) is -0.0730. The minimum absolute atomic E-state index is 0.0749. The van der Waals surface area contributed by atoms with Gasteiger partial charge in [0.1, 0.15) is 12.2 Å². The second kappa shape index (κ2) is 4.74. The predicted molar refractivity (Wildman–Crippen MR) is 82.6 cm³/mol. The summed E-state index contributed by atoms with van der Waals surface area (Å²) < 4.78 is 16.6. The van der Waals surface area contributed by atoms with Crippen LogP contribution in [0.2, 0.25) is 0 Å². The standard InChI is InChI=1S/C19H20O5/c1-10-7-14-16-12(17(20)23-14)3-2-4-13(16)19(10)8-15(24-18(19)21)11-5-6-22-9-11/h5-6,9-10,13-15H,2-4,7-8H2,1H3/t10-,13-,14+,15-,19+/m0/s1. The fourth-order valence-electron chi connectivity index (χ4n) is 5.48. The van der Waals surface area contributed by atoms with Gasteiger partial charge < -0.3 is 13.9 Å². The van der Waals surface area contributed by atoms with E-state index < -0.39 is 5.41 Å². The Hall–Kier alpha value is -2.04. The van der Waals surface area contributed by atoms with Crippen molar-refractivity contribution in [3.05, 3.63) is 35.3 Å². The molecule has 5 heteroatoms. The molecule has 1 saturated heterocycles. The summed E-state index contributed by atoms with van der Waals surface area (Å²) in [5.41, 5.74) is 2.32. The molecule has 3 heterocycles. The molecule has 0 radical (unpaired) electrons. The second-order valence-electron chi connectivity index (χ2n) is 7.60. The maximum atomic E-state index is 13.0. The van der Waals surface area contributed by atoms with Gasteiger partial charge in [0.25, 0.3) is 0 Å². The number of carbonyl (C=O) groups is 2. The number of esters is 2. The highest BCUT2D eigenvalue weighted by Crippen LogP contribution is 2.62. The van der Waals surface area contributed by atoms with Gasteiger partial charge in [-0.25, -0.2) is 4.79 Å². The highest BCUT2D eigenvalue weighted by atomic mass is 16.6. The number of ether oxygens (including phenoxy) is 2. The van der Waals surface area contributed by atoms with Crippen molar-refractivity contribution in [1.29, 1.82) is 0 Å². The lowest BCUT2D eigenvalue weighted by Crippen LogP contribution is -2.49. The summed E-state index contributed by atoms with van der Waals surface area (Å²) in [5, 5.41) is 0. The molecule has 5 rings (SSSR count). The van der Waals surface area contributed by atoms with Gasteiger partial charge in [-0.1, -0.05) is 6.92 Å². The van der Waals surface area contributed by atoms with Crippen molar-refractivity contribution < 1.29 is 23.5 Å². The molecule has 24 heavy (non-hydrogen) atoms. The number of furan rings is 1. The number of carbonyl (C=O) groups excluding carboxylic acids is 2. The molecule has 1 aromatic rings. The lowest BCUT2D eigenvalue weighted by molar-refractivity contribution is -0.156. The van der Waals surface area contributed by atoms with E-state index in [2.05, 4.69) is 6.92 Å². The Morgan fingerprint density at radius 2 is 2.08 bits per heavy atom. The van der Waals surface area contributed by atoms with Gasteiger partial charge in [0.05, 0.1) is 17.9 Å². The third kappa shape index (κ3) is 1.65. The summed E-state index contributed by atoms with van der Waals surface area (Å²) in [6.45, 7) is 2.11. The number of hydrogen-bond acceptors (Lipinski definition) is 5. The van der Waals surface area contributed by atoms with Crippen LogP contribution >= 0.6 is 0 Å². The van der Waals surface area contributed by atoms with Crippen LogP contribution in [0.4, 0.5) is 0 Å². The first-order valence-electron chi connectivity index (χ1n) is 8.78. The summed E-state index contributed by atoms with van der Waals surface area (Å²) in [6, 6.07) is 1.86. The quantitative estimate of drug-likeness (QED) is 0.740. The van der Waals surface area contributed by atoms with Crippen LogP contribution in [0.15, 0.2) is 34.2 Å². The molecule has 1 saturated carbocycles. The summed E-state index contributed by atoms with van der Waals surface area (Å²) in [6.07, 6.45) is 6.92. The minimum Gasteiger partial charge on any atom is -0.472 e. The van der Waals surface area contributed by atoms with E-state index >= 15 is 0 Å². The van der Waals surface area contributed by atoms with Crippen molar-refractivity contribution in [3.63, 3.8) is 0 Å². The topological polar surface area (TPSA) is 65.7 Å².